The van der Waals surface area contributed by atoms with Gasteiger partial charge in [0.25, 0.3) is 5.56 Å². The molecule has 1 fully saturated rings. The van der Waals surface area contributed by atoms with Crippen molar-refractivity contribution < 1.29 is 18.4 Å². The van der Waals surface area contributed by atoms with E-state index in [4.69, 9.17) is 13.6 Å². The maximum atomic E-state index is 13.9. The predicted octanol–water partition coefficient (Wildman–Crippen LogP) is 5.53. The molecule has 8 nitrogen and oxygen atoms in total. The normalized spacial score (nSPS) is 22.8. The fraction of sp³-hybridized carbons (Fsp3) is 0.815. The van der Waals surface area contributed by atoms with E-state index in [1.54, 1.807) is 6.92 Å². The van der Waals surface area contributed by atoms with Crippen molar-refractivity contribution in [1.82, 2.24) is 9.55 Å². The number of nitrogens with zero attached hydrogens (tertiary/aromatic N) is 1. The van der Waals surface area contributed by atoms with Crippen LogP contribution in [0.3, 0.4) is 0 Å². The number of H-pyrrole nitrogens is 1. The van der Waals surface area contributed by atoms with Gasteiger partial charge in [0, 0.05) is 23.6 Å². The summed E-state index contributed by atoms with van der Waals surface area (Å²) in [6.07, 6.45) is -0.795. The summed E-state index contributed by atoms with van der Waals surface area (Å²) in [6, 6.07) is 0. The van der Waals surface area contributed by atoms with Crippen molar-refractivity contribution in [2.45, 2.75) is 136 Å². The molecule has 1 aliphatic heterocycles. The fourth-order valence-electron chi connectivity index (χ4n) is 3.76. The van der Waals surface area contributed by atoms with Crippen molar-refractivity contribution in [3.8, 4) is 0 Å². The monoisotopic (exact) mass is 554 g/mol. The molecular formula is C27H50N2O6Si2. The van der Waals surface area contributed by atoms with Gasteiger partial charge >= 0.3 is 5.69 Å². The van der Waals surface area contributed by atoms with Crippen LogP contribution in [0.2, 0.25) is 36.3 Å². The number of hydrogen-bond acceptors (Lipinski definition) is 6. The zero-order valence-electron chi connectivity index (χ0n) is 25.5. The average molecular weight is 555 g/mol. The zero-order valence-corrected chi connectivity index (χ0v) is 27.5. The highest BCUT2D eigenvalue weighted by Gasteiger charge is 2.53. The second-order valence-electron chi connectivity index (χ2n) is 14.6. The molecule has 4 atom stereocenters. The van der Waals surface area contributed by atoms with E-state index in [0.717, 1.165) is 0 Å². The molecule has 1 N–H and O–H groups in total. The molecule has 1 aromatic rings. The van der Waals surface area contributed by atoms with Crippen LogP contribution in [0.1, 0.15) is 80.5 Å². The van der Waals surface area contributed by atoms with Crippen LogP contribution in [-0.4, -0.2) is 50.3 Å². The summed E-state index contributed by atoms with van der Waals surface area (Å²) in [7, 11) is -4.67. The molecule has 0 aliphatic carbocycles. The van der Waals surface area contributed by atoms with E-state index in [9.17, 15) is 14.4 Å². The Hall–Kier alpha value is -1.34. The molecule has 0 spiro atoms. The Bertz CT molecular complexity index is 1100. The zero-order chi connectivity index (χ0) is 28.9. The van der Waals surface area contributed by atoms with Gasteiger partial charge in [-0.3, -0.25) is 19.1 Å². The lowest BCUT2D eigenvalue weighted by molar-refractivity contribution is -0.146. The fourth-order valence-corrected chi connectivity index (χ4v) is 6.33. The van der Waals surface area contributed by atoms with Crippen LogP contribution in [0.25, 0.3) is 0 Å². The maximum Gasteiger partial charge on any atom is 0.330 e. The van der Waals surface area contributed by atoms with Gasteiger partial charge in [-0.2, -0.15) is 0 Å². The van der Waals surface area contributed by atoms with E-state index in [1.165, 1.54) is 10.8 Å². The Morgan fingerprint density at radius 1 is 1.00 bits per heavy atom. The van der Waals surface area contributed by atoms with E-state index >= 15 is 0 Å². The van der Waals surface area contributed by atoms with E-state index in [2.05, 4.69) is 72.7 Å². The minimum Gasteiger partial charge on any atom is -0.411 e. The van der Waals surface area contributed by atoms with E-state index in [1.807, 2.05) is 20.8 Å². The highest BCUT2D eigenvalue weighted by molar-refractivity contribution is 6.74. The highest BCUT2D eigenvalue weighted by Crippen LogP contribution is 2.44. The van der Waals surface area contributed by atoms with E-state index < -0.39 is 57.8 Å². The van der Waals surface area contributed by atoms with Gasteiger partial charge in [-0.05, 0) is 43.2 Å². The number of aromatic amines is 1. The summed E-state index contributed by atoms with van der Waals surface area (Å²) in [5, 5.41) is -0.185. The third kappa shape index (κ3) is 7.00. The first-order valence-electron chi connectivity index (χ1n) is 13.3. The van der Waals surface area contributed by atoms with Crippen LogP contribution in [0.5, 0.6) is 0 Å². The van der Waals surface area contributed by atoms with Crippen molar-refractivity contribution in [2.24, 2.45) is 5.41 Å². The lowest BCUT2D eigenvalue weighted by Crippen LogP contribution is -2.56. The number of ketones is 1. The number of hydrogen-bond donors (Lipinski definition) is 1. The minimum atomic E-state index is -2.39. The van der Waals surface area contributed by atoms with Crippen LogP contribution in [-0.2, 0) is 18.4 Å². The maximum absolute atomic E-state index is 13.9. The Labute approximate surface area is 224 Å². The molecular weight excluding hydrogens is 504 g/mol. The first kappa shape index (κ1) is 31.9. The summed E-state index contributed by atoms with van der Waals surface area (Å²) in [6.45, 7) is 28.8. The second-order valence-corrected chi connectivity index (χ2v) is 24.1. The van der Waals surface area contributed by atoms with Crippen molar-refractivity contribution in [1.29, 1.82) is 0 Å². The number of ether oxygens (including phenoxy) is 1. The number of aromatic nitrogens is 2. The van der Waals surface area contributed by atoms with Gasteiger partial charge in [-0.25, -0.2) is 4.79 Å². The molecule has 0 amide bonds. The molecule has 2 heterocycles. The molecule has 212 valence electrons. The van der Waals surface area contributed by atoms with Crippen molar-refractivity contribution in [2.75, 3.05) is 0 Å². The molecule has 0 radical (unpaired) electrons. The molecule has 1 saturated heterocycles. The average Bonchev–Trinajstić information content (AvgIpc) is 3.08. The Morgan fingerprint density at radius 2 is 1.51 bits per heavy atom. The molecule has 0 unspecified atom stereocenters. The van der Waals surface area contributed by atoms with Gasteiger partial charge in [0.2, 0.25) is 0 Å². The summed E-state index contributed by atoms with van der Waals surface area (Å²) >= 11 is 0. The number of Topliss-reactive ketones (excluding diaryl/α,β-unsaturated/α-hetero) is 1. The molecule has 0 aromatic carbocycles. The van der Waals surface area contributed by atoms with Gasteiger partial charge in [0.1, 0.15) is 18.4 Å². The number of carbonyl (C=O) groups excluding carboxylic acids is 1. The largest absolute Gasteiger partial charge is 0.411 e. The van der Waals surface area contributed by atoms with Gasteiger partial charge in [0.15, 0.2) is 22.4 Å². The standard InChI is InChI=1S/C27H50N2O6Si2/c1-17-16-29(24(32)28-23(17)31)19-15-18(34-36(11,12)26(5,6)7)20(33-19)21(22(30)25(2,3)4)35-37(13,14)27(8,9)10/h16,18-21H,15H2,1-14H3,(H,28,31,32)/t18-,19+,20-,21-/m0/s1. The highest BCUT2D eigenvalue weighted by atomic mass is 28.4. The predicted molar refractivity (Wildman–Crippen MR) is 153 cm³/mol. The topological polar surface area (TPSA) is 99.6 Å². The number of nitrogens with one attached hydrogen (secondary N) is 1. The molecule has 0 saturated carbocycles. The Kier molecular flexibility index (Phi) is 8.90. The third-order valence-electron chi connectivity index (χ3n) is 8.35. The van der Waals surface area contributed by atoms with Crippen molar-refractivity contribution in [3.63, 3.8) is 0 Å². The van der Waals surface area contributed by atoms with E-state index in [-0.39, 0.29) is 15.9 Å². The Balaban J connectivity index is 2.65. The van der Waals surface area contributed by atoms with Gasteiger partial charge < -0.3 is 13.6 Å². The molecule has 37 heavy (non-hydrogen) atoms. The minimum absolute atomic E-state index is 0.0446. The van der Waals surface area contributed by atoms with Gasteiger partial charge in [-0.1, -0.05) is 62.3 Å². The summed E-state index contributed by atoms with van der Waals surface area (Å²) in [5.41, 5.74) is -1.22. The number of rotatable bonds is 7. The molecule has 1 aliphatic rings. The Morgan fingerprint density at radius 3 is 1.97 bits per heavy atom. The number of carbonyl (C=O) groups is 1. The number of aryl methyl sites for hydroxylation is 1. The molecule has 1 aromatic heterocycles. The lowest BCUT2D eigenvalue weighted by atomic mass is 9.85. The molecule has 2 rings (SSSR count). The van der Waals surface area contributed by atoms with Crippen molar-refractivity contribution >= 4 is 22.4 Å². The molecule has 0 bridgehead atoms. The first-order valence-corrected chi connectivity index (χ1v) is 19.1. The summed E-state index contributed by atoms with van der Waals surface area (Å²) in [4.78, 5) is 41.1. The second kappa shape index (κ2) is 10.3. The third-order valence-corrected chi connectivity index (χ3v) is 17.3. The van der Waals surface area contributed by atoms with Crippen LogP contribution in [0.4, 0.5) is 0 Å². The quantitative estimate of drug-likeness (QED) is 0.445. The van der Waals surface area contributed by atoms with E-state index in [0.29, 0.717) is 12.0 Å². The van der Waals surface area contributed by atoms with Gasteiger partial charge in [-0.15, -0.1) is 0 Å². The summed E-state index contributed by atoms with van der Waals surface area (Å²) < 4.78 is 21.6. The van der Waals surface area contributed by atoms with Crippen molar-refractivity contribution in [3.05, 3.63) is 32.6 Å². The van der Waals surface area contributed by atoms with Crippen LogP contribution >= 0.6 is 0 Å². The van der Waals surface area contributed by atoms with Crippen LogP contribution in [0.15, 0.2) is 15.8 Å². The lowest BCUT2D eigenvalue weighted by Gasteiger charge is -2.44. The van der Waals surface area contributed by atoms with Crippen LogP contribution in [0, 0.1) is 12.3 Å². The first-order chi connectivity index (χ1) is 16.4. The molecule has 10 heteroatoms. The summed E-state index contributed by atoms with van der Waals surface area (Å²) in [5.74, 6) is -0.0446. The van der Waals surface area contributed by atoms with Gasteiger partial charge in [0.05, 0.1) is 6.10 Å². The van der Waals surface area contributed by atoms with Crippen LogP contribution < -0.4 is 11.2 Å². The SMILES string of the molecule is Cc1cn([C@H]2C[C@H](O[Si](C)(C)C(C)(C)C)[C@@H]([C@H](O[Si](C)(C)C(C)(C)C)C(=O)C(C)(C)C)O2)c(=O)[nH]c1=O. The smallest absolute Gasteiger partial charge is 0.330 e.